The van der Waals surface area contributed by atoms with Crippen LogP contribution in [0.4, 0.5) is 26.3 Å². The SMILES string of the molecule is CC(=O)c1ccc(Cc2cnc(OC(F)F)c(-c3cccc(Cl)c3)c2)cn1.CCCOc1ccc(Cc2cnc(OC(F)F)c(-c3cccc(Cl)c3)c2)cn1.COc1ncc(Cc2ccc(C(C)=O)nc2)cc1-c1cccc(Cl)c1.COc1ncc(Cc2ccc(C)nc2)cc1-c1cccc(Cl)c1.COc1ncc(Cc2ccccc2)cc1-c1cccc(Cl)c1.Cc1ccc(Cc2cnc(OC(F)F)c(-c3cccc(Cl)c3)c2)cn1. The van der Waals surface area contributed by atoms with Crippen LogP contribution in [0.1, 0.15) is 126 Å². The Balaban J connectivity index is 0.000000150. The van der Waals surface area contributed by atoms with E-state index in [4.69, 9.17) is 88.6 Å². The number of rotatable bonds is 32. The first kappa shape index (κ1) is 112. The highest BCUT2D eigenvalue weighted by atomic mass is 35.5. The van der Waals surface area contributed by atoms with E-state index in [1.807, 2.05) is 173 Å². The molecule has 0 atom stereocenters. The maximum absolute atomic E-state index is 12.8. The van der Waals surface area contributed by atoms with Crippen molar-refractivity contribution in [1.29, 1.82) is 0 Å². The Kier molecular flexibility index (Phi) is 41.7. The van der Waals surface area contributed by atoms with E-state index in [1.165, 1.54) is 38.0 Å². The first-order valence-corrected chi connectivity index (χ1v) is 49.1. The molecule has 150 heavy (non-hydrogen) atoms. The maximum Gasteiger partial charge on any atom is 0.388 e. The van der Waals surface area contributed by atoms with E-state index in [9.17, 15) is 35.9 Å². The van der Waals surface area contributed by atoms with Crippen molar-refractivity contribution in [2.24, 2.45) is 0 Å². The molecule has 0 bridgehead atoms. The smallest absolute Gasteiger partial charge is 0.388 e. The fourth-order valence-corrected chi connectivity index (χ4v) is 16.4. The van der Waals surface area contributed by atoms with Crippen molar-refractivity contribution in [1.82, 2.24) is 54.8 Å². The number of hydrogen-bond donors (Lipinski definition) is 0. The zero-order chi connectivity index (χ0) is 107. The van der Waals surface area contributed by atoms with Gasteiger partial charge in [-0.25, -0.2) is 34.9 Å². The molecule has 0 unspecified atom stereocenters. The molecule has 11 heterocycles. The molecule has 0 amide bonds. The molecule has 0 N–H and O–H groups in total. The highest BCUT2D eigenvalue weighted by molar-refractivity contribution is 6.32. The second-order valence-electron chi connectivity index (χ2n) is 33.7. The van der Waals surface area contributed by atoms with Crippen molar-refractivity contribution in [3.8, 4) is 108 Å². The molecule has 0 aliphatic heterocycles. The summed E-state index contributed by atoms with van der Waals surface area (Å²) >= 11 is 36.4. The van der Waals surface area contributed by atoms with Crippen LogP contribution in [0.25, 0.3) is 66.8 Å². The number of ether oxygens (including phenoxy) is 7. The van der Waals surface area contributed by atoms with Crippen molar-refractivity contribution in [2.45, 2.75) is 99.4 Å². The Morgan fingerprint density at radius 2 is 0.500 bits per heavy atom. The van der Waals surface area contributed by atoms with Crippen molar-refractivity contribution in [2.75, 3.05) is 27.9 Å². The van der Waals surface area contributed by atoms with Gasteiger partial charge in [0.2, 0.25) is 41.2 Å². The van der Waals surface area contributed by atoms with E-state index >= 15 is 0 Å². The van der Waals surface area contributed by atoms with Crippen LogP contribution in [0, 0.1) is 13.8 Å². The zero-order valence-electron chi connectivity index (χ0n) is 82.3. The summed E-state index contributed by atoms with van der Waals surface area (Å²) in [6, 6.07) is 84.4. The van der Waals surface area contributed by atoms with Gasteiger partial charge >= 0.3 is 19.8 Å². The van der Waals surface area contributed by atoms with Crippen LogP contribution in [0.5, 0.6) is 41.2 Å². The molecular weight excluding hydrogens is 2040 g/mol. The average Bonchev–Trinajstić information content (AvgIpc) is 0.813. The second kappa shape index (κ2) is 56.0. The van der Waals surface area contributed by atoms with E-state index in [0.29, 0.717) is 131 Å². The average molecular weight is 2140 g/mol. The van der Waals surface area contributed by atoms with Gasteiger partial charge in [-0.2, -0.15) is 26.3 Å². The van der Waals surface area contributed by atoms with Crippen molar-refractivity contribution < 1.29 is 69.1 Å². The number of pyridine rings is 11. The predicted molar refractivity (Wildman–Crippen MR) is 577 cm³/mol. The third-order valence-corrected chi connectivity index (χ3v) is 23.7. The predicted octanol–water partition coefficient (Wildman–Crippen LogP) is 30.6. The lowest BCUT2D eigenvalue weighted by Gasteiger charge is -2.12. The number of nitrogens with zero attached hydrogens (tertiary/aromatic N) is 11. The number of aryl methyl sites for hydroxylation is 2. The summed E-state index contributed by atoms with van der Waals surface area (Å²) in [6.07, 6.45) is 23.6. The van der Waals surface area contributed by atoms with Gasteiger partial charge in [-0.3, -0.25) is 29.5 Å². The van der Waals surface area contributed by atoms with Crippen LogP contribution in [-0.2, 0) is 38.5 Å². The van der Waals surface area contributed by atoms with Crippen LogP contribution in [-0.4, -0.2) is 114 Å². The minimum absolute atomic E-state index is 0.0408. The summed E-state index contributed by atoms with van der Waals surface area (Å²) in [6.45, 7) is 0.607. The molecule has 764 valence electrons. The second-order valence-corrected chi connectivity index (χ2v) is 36.3. The quantitative estimate of drug-likeness (QED) is 0.0281. The third-order valence-electron chi connectivity index (χ3n) is 22.3. The molecule has 18 rings (SSSR count). The van der Waals surface area contributed by atoms with Crippen LogP contribution in [0.15, 0.2) is 341 Å². The monoisotopic (exact) mass is 2140 g/mol. The summed E-state index contributed by atoms with van der Waals surface area (Å²) in [5.74, 6) is 1.75. The fraction of sp³-hybridized carbons (Fsp3) is 0.161. The number of carbonyl (C=O) groups excluding carboxylic acids is 2. The molecule has 0 aliphatic carbocycles. The van der Waals surface area contributed by atoms with E-state index in [-0.39, 0.29) is 29.2 Å². The normalized spacial score (nSPS) is 10.7. The van der Waals surface area contributed by atoms with Crippen molar-refractivity contribution >= 4 is 81.2 Å². The largest absolute Gasteiger partial charge is 0.481 e. The number of Topliss-reactive ketones (excluding diaryl/α,β-unsaturated/α-hetero) is 2. The Hall–Kier alpha value is -15.6. The van der Waals surface area contributed by atoms with Crippen molar-refractivity contribution in [3.63, 3.8) is 0 Å². The van der Waals surface area contributed by atoms with E-state index in [1.54, 1.807) is 162 Å². The lowest BCUT2D eigenvalue weighted by atomic mass is 10.0. The van der Waals surface area contributed by atoms with E-state index < -0.39 is 19.8 Å². The molecule has 11 aromatic heterocycles. The highest BCUT2D eigenvalue weighted by Crippen LogP contribution is 2.40. The van der Waals surface area contributed by atoms with Gasteiger partial charge in [0.1, 0.15) is 11.4 Å². The maximum atomic E-state index is 12.8. The van der Waals surface area contributed by atoms with Crippen LogP contribution < -0.4 is 33.2 Å². The molecule has 0 saturated heterocycles. The number of aromatic nitrogens is 11. The molecule has 18 aromatic rings. The number of benzene rings is 7. The van der Waals surface area contributed by atoms with Gasteiger partial charge in [-0.15, -0.1) is 0 Å². The summed E-state index contributed by atoms with van der Waals surface area (Å²) in [5, 5.41) is 3.54. The van der Waals surface area contributed by atoms with Crippen LogP contribution in [0.3, 0.4) is 0 Å². The third kappa shape index (κ3) is 34.3. The minimum Gasteiger partial charge on any atom is -0.481 e. The molecular formula is C118H99Cl6F6N11O9. The van der Waals surface area contributed by atoms with Crippen LogP contribution in [0.2, 0.25) is 30.1 Å². The number of methoxy groups -OCH3 is 3. The zero-order valence-corrected chi connectivity index (χ0v) is 86.9. The summed E-state index contributed by atoms with van der Waals surface area (Å²) in [7, 11) is 4.85. The lowest BCUT2D eigenvalue weighted by molar-refractivity contribution is -0.0531. The van der Waals surface area contributed by atoms with Gasteiger partial charge < -0.3 is 33.2 Å². The highest BCUT2D eigenvalue weighted by Gasteiger charge is 2.22. The Labute approximate surface area is 894 Å². The molecule has 0 spiro atoms. The first-order valence-electron chi connectivity index (χ1n) is 46.8. The number of halogens is 12. The first-order chi connectivity index (χ1) is 72.4. The Bertz CT molecular complexity index is 7540. The number of ketones is 2. The Morgan fingerprint density at radius 3 is 0.720 bits per heavy atom. The molecule has 0 aliphatic rings. The minimum atomic E-state index is -2.98. The molecule has 32 heteroatoms. The summed E-state index contributed by atoms with van der Waals surface area (Å²) in [5.41, 5.74) is 23.8. The standard InChI is InChI=1S/C21H19ClF2N2O2.C20H15ClF2N2O2.C20H17ClN2O2.C19H15ClF2N2O.C19H17ClN2O.C19H16ClNO/c1-2-8-27-19-7-6-14(12-25-19)9-15-10-18(16-4-3-5-17(22)11-16)20(26-13-15)28-21(23)24;1-12(26)18-6-5-13(10-24-18)7-14-8-17(15-3-2-4-16(21)9-15)19(25-11-14)27-20(22)23;1-13(24)19-7-6-14(11-22-19)8-15-9-18(20(25-2)23-12-15)16-4-3-5-17(21)10-16;1-12-5-6-13(10-23-12)7-14-8-17(15-3-2-4-16(20)9-15)18(24-11-14)25-19(21)22;1-13-6-7-14(11-21-13)8-15-9-18(19(23-2)22-12-15)16-4-3-5-17(20)10-16;1-22-19-18(16-8-5-9-17(20)12-16)11-15(13-21-19)10-14-6-3-2-4-7-14/h3-7,10-13,21H,2,8-9H2,1H3;2-6,8-11,20H,7H2,1H3;3-7,9-12H,8H2,1-2H3;2-6,8-11,19H,7H2,1H3;3-7,9-12H,8H2,1-2H3;2-9,11-13H,10H2,1H3. The van der Waals surface area contributed by atoms with Gasteiger partial charge in [0.05, 0.1) is 27.9 Å². The van der Waals surface area contributed by atoms with E-state index in [0.717, 1.165) is 125 Å². The molecule has 20 nitrogen and oxygen atoms in total. The Morgan fingerprint density at radius 1 is 0.260 bits per heavy atom. The van der Waals surface area contributed by atoms with E-state index in [2.05, 4.69) is 99.4 Å². The number of carbonyl (C=O) groups is 2. The molecule has 7 aromatic carbocycles. The summed E-state index contributed by atoms with van der Waals surface area (Å²) in [4.78, 5) is 69.3. The van der Waals surface area contributed by atoms with Gasteiger partial charge in [0.25, 0.3) is 0 Å². The lowest BCUT2D eigenvalue weighted by Crippen LogP contribution is -2.06. The summed E-state index contributed by atoms with van der Waals surface area (Å²) < 4.78 is 112. The topological polar surface area (TPSA) is 241 Å². The van der Waals surface area contributed by atoms with Gasteiger partial charge in [0.15, 0.2) is 11.6 Å². The fourth-order valence-electron chi connectivity index (χ4n) is 15.3. The van der Waals surface area contributed by atoms with Gasteiger partial charge in [-0.1, -0.05) is 210 Å². The number of hydrogen-bond acceptors (Lipinski definition) is 20. The number of alkyl halides is 6. The van der Waals surface area contributed by atoms with Crippen LogP contribution >= 0.6 is 69.6 Å². The van der Waals surface area contributed by atoms with Crippen molar-refractivity contribution in [3.05, 3.63) is 461 Å². The molecule has 0 radical (unpaired) electrons. The van der Waals surface area contributed by atoms with Gasteiger partial charge in [0, 0.05) is 195 Å². The molecule has 0 fully saturated rings. The van der Waals surface area contributed by atoms with Gasteiger partial charge in [-0.05, 0) is 260 Å². The molecule has 0 saturated carbocycles.